The Morgan fingerprint density at radius 2 is 1.28 bits per heavy atom. The van der Waals surface area contributed by atoms with Gasteiger partial charge >= 0.3 is 0 Å². The van der Waals surface area contributed by atoms with E-state index in [9.17, 15) is 13.0 Å². The van der Waals surface area contributed by atoms with E-state index in [1.165, 1.54) is 0 Å². The molecule has 0 aliphatic carbocycles. The molecule has 0 spiro atoms. The Bertz CT molecular complexity index is 329. The maximum absolute atomic E-state index is 11.3. The van der Waals surface area contributed by atoms with Crippen molar-refractivity contribution in [1.82, 2.24) is 0 Å². The van der Waals surface area contributed by atoms with Crippen molar-refractivity contribution in [3.63, 3.8) is 0 Å². The molecular weight excluding hydrogens is 267 g/mol. The van der Waals surface area contributed by atoms with E-state index in [0.717, 1.165) is 25.7 Å². The summed E-state index contributed by atoms with van der Waals surface area (Å²) < 4.78 is 31.9. The summed E-state index contributed by atoms with van der Waals surface area (Å²) in [6.45, 7) is 12.8. The summed E-state index contributed by atoms with van der Waals surface area (Å²) in [5.74, 6) is 0. The molecular formula is C13H29O3PS. The topological polar surface area (TPSA) is 54.4 Å². The minimum absolute atomic E-state index is 0.0153. The molecule has 0 aromatic carbocycles. The van der Waals surface area contributed by atoms with Gasteiger partial charge in [-0.1, -0.05) is 62.3 Å². The molecule has 3 nitrogen and oxygen atoms in total. The highest BCUT2D eigenvalue weighted by atomic mass is 32.2. The molecule has 0 amide bonds. The summed E-state index contributed by atoms with van der Waals surface area (Å²) in [5, 5.41) is -0.0306. The molecule has 0 radical (unpaired) electrons. The van der Waals surface area contributed by atoms with Crippen molar-refractivity contribution >= 4 is 18.0 Å². The van der Waals surface area contributed by atoms with Crippen molar-refractivity contribution in [3.05, 3.63) is 0 Å². The molecule has 0 unspecified atom stereocenters. The molecule has 110 valence electrons. The lowest BCUT2D eigenvalue weighted by molar-refractivity contribution is 0.486. The summed E-state index contributed by atoms with van der Waals surface area (Å²) in [7, 11) is -4.68. The smallest absolute Gasteiger partial charge is 0.268 e. The predicted octanol–water partition coefficient (Wildman–Crippen LogP) is 4.47. The zero-order valence-corrected chi connectivity index (χ0v) is 14.4. The molecule has 5 heteroatoms. The van der Waals surface area contributed by atoms with Crippen LogP contribution in [-0.2, 0) is 10.1 Å². The second-order valence-corrected chi connectivity index (χ2v) is 11.7. The molecule has 0 heterocycles. The van der Waals surface area contributed by atoms with Crippen molar-refractivity contribution in [2.45, 2.75) is 77.5 Å². The third-order valence-corrected chi connectivity index (χ3v) is 9.19. The summed E-state index contributed by atoms with van der Waals surface area (Å²) in [5.41, 5.74) is -0.0671. The lowest BCUT2D eigenvalue weighted by Crippen LogP contribution is -2.33. The van der Waals surface area contributed by atoms with E-state index < -0.39 is 18.0 Å². The Morgan fingerprint density at radius 3 is 1.50 bits per heavy atom. The Hall–Kier alpha value is 0.340. The summed E-state index contributed by atoms with van der Waals surface area (Å²) in [6.07, 6.45) is 4.09. The fourth-order valence-electron chi connectivity index (χ4n) is 2.83. The van der Waals surface area contributed by atoms with Crippen molar-refractivity contribution < 1.29 is 13.0 Å². The summed E-state index contributed by atoms with van der Waals surface area (Å²) >= 11 is 0. The lowest BCUT2D eigenvalue weighted by Gasteiger charge is -2.45. The van der Waals surface area contributed by atoms with Crippen LogP contribution in [0.1, 0.15) is 67.2 Å². The molecule has 1 N–H and O–H groups in total. The number of hydrogen-bond acceptors (Lipinski definition) is 2. The van der Waals surface area contributed by atoms with E-state index in [1.54, 1.807) is 0 Å². The first-order valence-corrected chi connectivity index (χ1v) is 9.83. The third kappa shape index (κ3) is 5.99. The molecule has 0 fully saturated rings. The molecule has 0 atom stereocenters. The largest absolute Gasteiger partial charge is 0.285 e. The van der Waals surface area contributed by atoms with Crippen LogP contribution in [0.2, 0.25) is 0 Å². The van der Waals surface area contributed by atoms with Gasteiger partial charge in [0.05, 0.1) is 5.49 Å². The van der Waals surface area contributed by atoms with Gasteiger partial charge in [-0.2, -0.15) is 8.42 Å². The van der Waals surface area contributed by atoms with Crippen LogP contribution in [0.15, 0.2) is 0 Å². The second kappa shape index (κ2) is 6.67. The molecule has 0 rings (SSSR count). The average Bonchev–Trinajstić information content (AvgIpc) is 2.12. The predicted molar refractivity (Wildman–Crippen MR) is 81.3 cm³/mol. The van der Waals surface area contributed by atoms with Crippen molar-refractivity contribution in [3.8, 4) is 0 Å². The first-order valence-electron chi connectivity index (χ1n) is 6.69. The molecule has 0 aliphatic heterocycles. The lowest BCUT2D eigenvalue weighted by atomic mass is 10.1. The van der Waals surface area contributed by atoms with Crippen LogP contribution in [0, 0.1) is 0 Å². The van der Waals surface area contributed by atoms with Gasteiger partial charge in [-0.25, -0.2) is 0 Å². The third-order valence-electron chi connectivity index (χ3n) is 3.48. The Morgan fingerprint density at radius 1 is 0.944 bits per heavy atom. The Kier molecular flexibility index (Phi) is 6.80. The van der Waals surface area contributed by atoms with Crippen molar-refractivity contribution in [2.24, 2.45) is 0 Å². The fourth-order valence-corrected chi connectivity index (χ4v) is 9.55. The van der Waals surface area contributed by atoms with E-state index in [-0.39, 0.29) is 15.8 Å². The van der Waals surface area contributed by atoms with E-state index in [1.807, 2.05) is 0 Å². The number of hydrogen-bond donors (Lipinski definition) is 1. The SMILES string of the molecule is CCCC(C)(C)P(CS(=O)(=O)O)C(C)(C)CCC. The van der Waals surface area contributed by atoms with E-state index in [2.05, 4.69) is 41.5 Å². The maximum atomic E-state index is 11.3. The van der Waals surface area contributed by atoms with Gasteiger partial charge in [0, 0.05) is 0 Å². The van der Waals surface area contributed by atoms with E-state index >= 15 is 0 Å². The zero-order valence-electron chi connectivity index (χ0n) is 12.7. The maximum Gasteiger partial charge on any atom is 0.268 e. The van der Waals surface area contributed by atoms with Crippen LogP contribution in [-0.4, -0.2) is 28.8 Å². The highest BCUT2D eigenvalue weighted by Crippen LogP contribution is 2.63. The minimum atomic E-state index is -3.90. The monoisotopic (exact) mass is 296 g/mol. The van der Waals surface area contributed by atoms with Crippen LogP contribution < -0.4 is 0 Å². The van der Waals surface area contributed by atoms with Crippen LogP contribution in [0.3, 0.4) is 0 Å². The molecule has 0 saturated carbocycles. The van der Waals surface area contributed by atoms with Gasteiger partial charge < -0.3 is 0 Å². The first kappa shape index (κ1) is 18.3. The van der Waals surface area contributed by atoms with Gasteiger partial charge in [-0.15, -0.1) is 0 Å². The summed E-state index contributed by atoms with van der Waals surface area (Å²) in [4.78, 5) is 0. The summed E-state index contributed by atoms with van der Waals surface area (Å²) in [6, 6.07) is 0. The van der Waals surface area contributed by atoms with Crippen LogP contribution in [0.5, 0.6) is 0 Å². The highest BCUT2D eigenvalue weighted by molar-refractivity contribution is 7.94. The van der Waals surface area contributed by atoms with Crippen LogP contribution in [0.25, 0.3) is 0 Å². The van der Waals surface area contributed by atoms with Gasteiger partial charge in [0.15, 0.2) is 0 Å². The first-order chi connectivity index (χ1) is 7.96. The molecule has 0 aromatic heterocycles. The van der Waals surface area contributed by atoms with Crippen LogP contribution >= 0.6 is 7.92 Å². The van der Waals surface area contributed by atoms with Gasteiger partial charge in [-0.05, 0) is 23.2 Å². The zero-order chi connectivity index (χ0) is 14.6. The van der Waals surface area contributed by atoms with E-state index in [0.29, 0.717) is 0 Å². The minimum Gasteiger partial charge on any atom is -0.285 e. The molecule has 18 heavy (non-hydrogen) atoms. The van der Waals surface area contributed by atoms with Crippen LogP contribution in [0.4, 0.5) is 0 Å². The standard InChI is InChI=1S/C13H29O3PS/c1-7-9-12(3,4)17(11-18(14,15)16)13(5,6)10-8-2/h7-11H2,1-6H3,(H,14,15,16). The average molecular weight is 296 g/mol. The Labute approximate surface area is 114 Å². The van der Waals surface area contributed by atoms with Gasteiger partial charge in [0.1, 0.15) is 0 Å². The van der Waals surface area contributed by atoms with Crippen molar-refractivity contribution in [1.29, 1.82) is 0 Å². The van der Waals surface area contributed by atoms with Gasteiger partial charge in [-0.3, -0.25) is 4.55 Å². The normalized spacial score (nSPS) is 14.2. The molecule has 0 saturated heterocycles. The Balaban J connectivity index is 5.30. The van der Waals surface area contributed by atoms with Crippen molar-refractivity contribution in [2.75, 3.05) is 5.49 Å². The van der Waals surface area contributed by atoms with E-state index in [4.69, 9.17) is 0 Å². The number of rotatable bonds is 8. The quantitative estimate of drug-likeness (QED) is 0.531. The molecule has 0 bridgehead atoms. The molecule has 0 aliphatic rings. The fraction of sp³-hybridized carbons (Fsp3) is 1.00. The highest BCUT2D eigenvalue weighted by Gasteiger charge is 2.41. The second-order valence-electron chi connectivity index (χ2n) is 6.26. The molecule has 0 aromatic rings. The van der Waals surface area contributed by atoms with Gasteiger partial charge in [0.2, 0.25) is 0 Å². The van der Waals surface area contributed by atoms with Gasteiger partial charge in [0.25, 0.3) is 10.1 Å².